The highest BCUT2D eigenvalue weighted by atomic mass is 31.2. The molecule has 3 N–H and O–H groups in total. The number of allylic oxidation sites excluding steroid dienone is 11. The van der Waals surface area contributed by atoms with E-state index in [2.05, 4.69) is 80.7 Å². The molecule has 0 radical (unpaired) electrons. The second-order valence-corrected chi connectivity index (χ2v) is 15.0. The van der Waals surface area contributed by atoms with Gasteiger partial charge in [-0.1, -0.05) is 125 Å². The number of ether oxygens (including phenoxy) is 3. The summed E-state index contributed by atoms with van der Waals surface area (Å²) in [5, 5.41) is 0. The summed E-state index contributed by atoms with van der Waals surface area (Å²) in [5.74, 6) is -0.927. The maximum Gasteiger partial charge on any atom is 0.472 e. The highest BCUT2D eigenvalue weighted by Crippen LogP contribution is 2.43. The van der Waals surface area contributed by atoms with Crippen LogP contribution in [0.5, 0.6) is 0 Å². The number of phosphoric acid groups is 1. The molecule has 0 amide bonds. The van der Waals surface area contributed by atoms with Crippen LogP contribution in [-0.4, -0.2) is 61.5 Å². The minimum Gasteiger partial charge on any atom is -0.462 e. The first-order valence-corrected chi connectivity index (χ1v) is 22.0. The fourth-order valence-corrected chi connectivity index (χ4v) is 6.15. The van der Waals surface area contributed by atoms with Crippen LogP contribution < -0.4 is 5.73 Å². The molecular formula is C43H72NO9P. The first kappa shape index (κ1) is 49.4. The quantitative estimate of drug-likeness (QED) is 0.0207. The topological polar surface area (TPSA) is 147 Å². The predicted molar refractivity (Wildman–Crippen MR) is 219 cm³/mol. The third-order valence-electron chi connectivity index (χ3n) is 8.50. The smallest absolute Gasteiger partial charge is 0.462 e. The summed E-state index contributed by atoms with van der Waals surface area (Å²) in [7, 11) is -4.40. The zero-order valence-electron chi connectivity index (χ0n) is 33.4. The molecule has 0 aromatic heterocycles. The number of hydrogen-bond donors (Lipinski definition) is 2. The van der Waals surface area contributed by atoms with E-state index >= 15 is 0 Å². The summed E-state index contributed by atoms with van der Waals surface area (Å²) < 4.78 is 38.4. The molecule has 11 heteroatoms. The van der Waals surface area contributed by atoms with Crippen LogP contribution in [0, 0.1) is 0 Å². The van der Waals surface area contributed by atoms with E-state index in [1.807, 2.05) is 6.08 Å². The van der Waals surface area contributed by atoms with Gasteiger partial charge in [0.15, 0.2) is 6.10 Å². The lowest BCUT2D eigenvalue weighted by Crippen LogP contribution is -2.29. The molecule has 308 valence electrons. The molecule has 0 spiro atoms. The lowest BCUT2D eigenvalue weighted by molar-refractivity contribution is -0.161. The van der Waals surface area contributed by atoms with Gasteiger partial charge < -0.3 is 24.8 Å². The Labute approximate surface area is 326 Å². The number of rotatable bonds is 36. The average molecular weight is 778 g/mol. The summed E-state index contributed by atoms with van der Waals surface area (Å²) in [6.45, 7) is 3.47. The predicted octanol–water partition coefficient (Wildman–Crippen LogP) is 10.5. The van der Waals surface area contributed by atoms with Crippen molar-refractivity contribution in [1.82, 2.24) is 0 Å². The molecule has 1 aliphatic rings. The maximum atomic E-state index is 12.5. The highest BCUT2D eigenvalue weighted by Gasteiger charge is 2.36. The molecule has 4 atom stereocenters. The molecule has 10 nitrogen and oxygen atoms in total. The van der Waals surface area contributed by atoms with Crippen molar-refractivity contribution >= 4 is 19.8 Å². The Kier molecular flexibility index (Phi) is 31.9. The van der Waals surface area contributed by atoms with Gasteiger partial charge in [-0.05, 0) is 77.0 Å². The van der Waals surface area contributed by atoms with Crippen molar-refractivity contribution in [2.75, 3.05) is 26.4 Å². The Hall–Kier alpha value is -2.59. The van der Waals surface area contributed by atoms with Crippen molar-refractivity contribution in [2.45, 2.75) is 161 Å². The molecule has 0 bridgehead atoms. The second kappa shape index (κ2) is 34.9. The number of carbonyl (C=O) groups is 2. The standard InChI is InChI=1S/C43H72NO9P/c1-3-5-7-8-9-10-11-12-13-14-15-16-17-18-23-26-30-34-43(46)52-39(38-51-54(47,48)50-36-35-44)37-49-42(45)33-29-25-22-20-19-21-24-28-32-41-40(53-41)31-27-6-4-2/h5,7,9-10,12-13,15-16,18,23-24,28,39-41H,3-4,6,8,11,14,17,19-22,25-27,29-38,44H2,1-2H3,(H,47,48)/b7-5-,10-9-,13-12-,16-15-,23-18-,28-24-/t39-,40?,41?/m1/s1. The summed E-state index contributed by atoms with van der Waals surface area (Å²) in [5.41, 5.74) is 5.34. The Balaban J connectivity index is 2.25. The zero-order valence-corrected chi connectivity index (χ0v) is 34.3. The Morgan fingerprint density at radius 3 is 1.94 bits per heavy atom. The second-order valence-electron chi connectivity index (χ2n) is 13.5. The van der Waals surface area contributed by atoms with Gasteiger partial charge in [0.05, 0.1) is 25.4 Å². The summed E-state index contributed by atoms with van der Waals surface area (Å²) in [4.78, 5) is 34.8. The van der Waals surface area contributed by atoms with E-state index < -0.39 is 32.5 Å². The number of epoxide rings is 1. The molecule has 1 rings (SSSR count). The summed E-state index contributed by atoms with van der Waals surface area (Å²) in [6.07, 6.45) is 44.0. The normalized spacial score (nSPS) is 17.9. The molecule has 0 aromatic rings. The van der Waals surface area contributed by atoms with Crippen LogP contribution in [0.4, 0.5) is 0 Å². The lowest BCUT2D eigenvalue weighted by Gasteiger charge is -2.19. The largest absolute Gasteiger partial charge is 0.472 e. The van der Waals surface area contributed by atoms with Gasteiger partial charge in [-0.25, -0.2) is 4.57 Å². The van der Waals surface area contributed by atoms with Gasteiger partial charge in [0.2, 0.25) is 0 Å². The lowest BCUT2D eigenvalue weighted by atomic mass is 10.1. The first-order valence-electron chi connectivity index (χ1n) is 20.5. The van der Waals surface area contributed by atoms with Gasteiger partial charge in [-0.2, -0.15) is 0 Å². The molecule has 0 aliphatic carbocycles. The van der Waals surface area contributed by atoms with Crippen LogP contribution >= 0.6 is 7.82 Å². The van der Waals surface area contributed by atoms with Crippen LogP contribution in [0.1, 0.15) is 142 Å². The Bertz CT molecular complexity index is 1180. The number of carbonyl (C=O) groups excluding carboxylic acids is 2. The third-order valence-corrected chi connectivity index (χ3v) is 9.48. The SMILES string of the molecule is CC/C=C\C/C=C\C/C=C\C/C=C\C/C=C\CCCC(=O)O[C@H](COC(=O)CCCCCCC/C=C\CC1OC1CCCCC)COP(=O)(O)OCCN. The van der Waals surface area contributed by atoms with Gasteiger partial charge in [0.1, 0.15) is 6.61 Å². The number of phosphoric ester groups is 1. The van der Waals surface area contributed by atoms with E-state index in [0.29, 0.717) is 31.5 Å². The van der Waals surface area contributed by atoms with Crippen molar-refractivity contribution in [3.8, 4) is 0 Å². The number of unbranched alkanes of at least 4 members (excludes halogenated alkanes) is 8. The average Bonchev–Trinajstić information content (AvgIpc) is 3.91. The molecule has 1 aliphatic heterocycles. The van der Waals surface area contributed by atoms with Gasteiger partial charge in [0, 0.05) is 19.4 Å². The molecule has 1 heterocycles. The van der Waals surface area contributed by atoms with Crippen molar-refractivity contribution in [1.29, 1.82) is 0 Å². The minimum atomic E-state index is -4.40. The fourth-order valence-electron chi connectivity index (χ4n) is 5.38. The van der Waals surface area contributed by atoms with E-state index in [4.69, 9.17) is 29.0 Å². The van der Waals surface area contributed by atoms with E-state index in [0.717, 1.165) is 70.6 Å². The summed E-state index contributed by atoms with van der Waals surface area (Å²) >= 11 is 0. The van der Waals surface area contributed by atoms with E-state index in [1.165, 1.54) is 25.7 Å². The third kappa shape index (κ3) is 31.7. The molecule has 1 fully saturated rings. The van der Waals surface area contributed by atoms with Crippen molar-refractivity contribution < 1.29 is 42.3 Å². The van der Waals surface area contributed by atoms with E-state index in [1.54, 1.807) is 0 Å². The monoisotopic (exact) mass is 777 g/mol. The molecule has 0 aromatic carbocycles. The fraction of sp³-hybridized carbons (Fsp3) is 0.674. The van der Waals surface area contributed by atoms with Gasteiger partial charge in [0.25, 0.3) is 0 Å². The van der Waals surface area contributed by atoms with Crippen LogP contribution in [0.15, 0.2) is 72.9 Å². The van der Waals surface area contributed by atoms with Crippen LogP contribution in [-0.2, 0) is 37.4 Å². The first-order chi connectivity index (χ1) is 26.3. The van der Waals surface area contributed by atoms with E-state index in [9.17, 15) is 19.0 Å². The van der Waals surface area contributed by atoms with Crippen molar-refractivity contribution in [3.05, 3.63) is 72.9 Å². The van der Waals surface area contributed by atoms with Gasteiger partial charge in [-0.3, -0.25) is 18.6 Å². The number of hydrogen-bond acceptors (Lipinski definition) is 9. The van der Waals surface area contributed by atoms with Crippen molar-refractivity contribution in [2.24, 2.45) is 5.73 Å². The van der Waals surface area contributed by atoms with E-state index in [-0.39, 0.29) is 32.6 Å². The van der Waals surface area contributed by atoms with Crippen LogP contribution in [0.25, 0.3) is 0 Å². The maximum absolute atomic E-state index is 12.5. The molecule has 54 heavy (non-hydrogen) atoms. The van der Waals surface area contributed by atoms with Crippen LogP contribution in [0.3, 0.4) is 0 Å². The van der Waals surface area contributed by atoms with Gasteiger partial charge >= 0.3 is 19.8 Å². The zero-order chi connectivity index (χ0) is 39.4. The molecular weight excluding hydrogens is 705 g/mol. The highest BCUT2D eigenvalue weighted by molar-refractivity contribution is 7.47. The van der Waals surface area contributed by atoms with Crippen LogP contribution in [0.2, 0.25) is 0 Å². The number of esters is 2. The van der Waals surface area contributed by atoms with Crippen molar-refractivity contribution in [3.63, 3.8) is 0 Å². The molecule has 0 saturated carbocycles. The minimum absolute atomic E-state index is 0.0365. The van der Waals surface area contributed by atoms with Gasteiger partial charge in [-0.15, -0.1) is 0 Å². The Morgan fingerprint density at radius 2 is 1.28 bits per heavy atom. The Morgan fingerprint density at radius 1 is 0.685 bits per heavy atom. The number of nitrogens with two attached hydrogens (primary N) is 1. The molecule has 1 saturated heterocycles. The molecule has 3 unspecified atom stereocenters. The summed E-state index contributed by atoms with van der Waals surface area (Å²) in [6, 6.07) is 0.